The quantitative estimate of drug-likeness (QED) is 0.238. The Hall–Kier alpha value is -3.94. The summed E-state index contributed by atoms with van der Waals surface area (Å²) in [6, 6.07) is 8.39. The molecule has 1 aliphatic carbocycles. The lowest BCUT2D eigenvalue weighted by Crippen LogP contribution is -2.55. The third-order valence-electron chi connectivity index (χ3n) is 6.41. The second-order valence-corrected chi connectivity index (χ2v) is 11.8. The summed E-state index contributed by atoms with van der Waals surface area (Å²) < 4.78 is 45.2. The third kappa shape index (κ3) is 10.7. The highest BCUT2D eigenvalue weighted by atomic mass is 32.2. The number of urea groups is 1. The van der Waals surface area contributed by atoms with E-state index in [9.17, 15) is 32.3 Å². The molecule has 1 fully saturated rings. The van der Waals surface area contributed by atoms with E-state index in [1.54, 1.807) is 44.7 Å². The number of anilines is 2. The van der Waals surface area contributed by atoms with Crippen molar-refractivity contribution in [2.45, 2.75) is 75.2 Å². The van der Waals surface area contributed by atoms with Gasteiger partial charge in [-0.15, -0.1) is 11.8 Å². The van der Waals surface area contributed by atoms with E-state index in [1.165, 1.54) is 0 Å². The van der Waals surface area contributed by atoms with Crippen LogP contribution in [0.5, 0.6) is 0 Å². The summed E-state index contributed by atoms with van der Waals surface area (Å²) in [4.78, 5) is 51.5. The van der Waals surface area contributed by atoms with E-state index >= 15 is 0 Å². The van der Waals surface area contributed by atoms with E-state index in [4.69, 9.17) is 4.74 Å². The number of carbonyl (C=O) groups is 4. The topological polar surface area (TPSA) is 138 Å². The Morgan fingerprint density at radius 3 is 2.12 bits per heavy atom. The number of hydrogen-bond donors (Lipinski definition) is 5. The summed E-state index contributed by atoms with van der Waals surface area (Å²) >= 11 is 1.58. The van der Waals surface area contributed by atoms with E-state index in [1.807, 2.05) is 18.4 Å². The summed E-state index contributed by atoms with van der Waals surface area (Å²) in [5.74, 6) is -1.59. The smallest absolute Gasteiger partial charge is 0.416 e. The van der Waals surface area contributed by atoms with Crippen LogP contribution in [0, 0.1) is 0 Å². The number of ether oxygens (including phenoxy) is 1. The fraction of sp³-hybridized carbons (Fsp3) is 0.448. The van der Waals surface area contributed by atoms with Crippen LogP contribution < -0.4 is 26.6 Å². The van der Waals surface area contributed by atoms with Gasteiger partial charge < -0.3 is 26.0 Å². The molecule has 0 unspecified atom stereocenters. The zero-order valence-electron chi connectivity index (χ0n) is 24.3. The Morgan fingerprint density at radius 2 is 1.53 bits per heavy atom. The van der Waals surface area contributed by atoms with Crippen LogP contribution in [-0.2, 0) is 15.7 Å². The van der Waals surface area contributed by atoms with Crippen molar-refractivity contribution in [3.8, 4) is 0 Å². The first-order valence-corrected chi connectivity index (χ1v) is 14.9. The van der Waals surface area contributed by atoms with Gasteiger partial charge in [0, 0.05) is 16.6 Å². The standard InChI is InChI=1S/C29H36F3N5O5S/c1-28(2,3)42-27(41)37-21-14-9-17(29(30,31)32)15-20(21)25(39)33-16-24(38)35-22-7-5-6-8-23(22)36-26(40)34-18-10-12-19(43-4)13-11-18/h9-15,22-23H,5-8,16H2,1-4H3,(H,33,39)(H,35,38)(H,37,41)(H2,34,36,40)/t22-,23+/m0/s1. The molecule has 5 N–H and O–H groups in total. The van der Waals surface area contributed by atoms with E-state index in [0.717, 1.165) is 29.9 Å². The van der Waals surface area contributed by atoms with Crippen LogP contribution >= 0.6 is 11.8 Å². The number of alkyl halides is 3. The molecule has 0 saturated heterocycles. The van der Waals surface area contributed by atoms with Crippen LogP contribution in [0.4, 0.5) is 34.1 Å². The Labute approximate surface area is 252 Å². The van der Waals surface area contributed by atoms with Crippen LogP contribution in [0.3, 0.4) is 0 Å². The van der Waals surface area contributed by atoms with Crippen molar-refractivity contribution in [1.82, 2.24) is 16.0 Å². The molecule has 5 amide bonds. The Bertz CT molecular complexity index is 1320. The van der Waals surface area contributed by atoms with Gasteiger partial charge in [-0.25, -0.2) is 9.59 Å². The molecule has 10 nitrogen and oxygen atoms in total. The molecule has 0 radical (unpaired) electrons. The van der Waals surface area contributed by atoms with Crippen LogP contribution in [-0.4, -0.2) is 54.4 Å². The van der Waals surface area contributed by atoms with Crippen LogP contribution in [0.25, 0.3) is 0 Å². The molecular formula is C29H36F3N5O5S. The van der Waals surface area contributed by atoms with E-state index in [2.05, 4.69) is 26.6 Å². The maximum absolute atomic E-state index is 13.4. The zero-order valence-corrected chi connectivity index (χ0v) is 25.1. The molecule has 43 heavy (non-hydrogen) atoms. The van der Waals surface area contributed by atoms with Crippen molar-refractivity contribution < 1.29 is 37.1 Å². The minimum absolute atomic E-state index is 0.217. The lowest BCUT2D eigenvalue weighted by molar-refractivity contribution is -0.137. The third-order valence-corrected chi connectivity index (χ3v) is 7.16. The summed E-state index contributed by atoms with van der Waals surface area (Å²) in [6.45, 7) is 4.27. The number of carbonyl (C=O) groups excluding carboxylic acids is 4. The zero-order chi connectivity index (χ0) is 31.8. The average molecular weight is 624 g/mol. The fourth-order valence-corrected chi connectivity index (χ4v) is 4.84. The van der Waals surface area contributed by atoms with Crippen molar-refractivity contribution in [2.75, 3.05) is 23.4 Å². The molecule has 0 heterocycles. The number of rotatable bonds is 8. The SMILES string of the molecule is CSc1ccc(NC(=O)N[C@@H]2CCCC[C@@H]2NC(=O)CNC(=O)c2cc(C(F)(F)F)ccc2NC(=O)OC(C)(C)C)cc1. The van der Waals surface area contributed by atoms with Crippen molar-refractivity contribution in [2.24, 2.45) is 0 Å². The van der Waals surface area contributed by atoms with Crippen molar-refractivity contribution >= 4 is 47.1 Å². The number of amides is 5. The summed E-state index contributed by atoms with van der Waals surface area (Å²) in [5.41, 5.74) is -2.09. The summed E-state index contributed by atoms with van der Waals surface area (Å²) in [7, 11) is 0. The number of thioether (sulfide) groups is 1. The molecular weight excluding hydrogens is 587 g/mol. The lowest BCUT2D eigenvalue weighted by atomic mass is 9.90. The van der Waals surface area contributed by atoms with E-state index < -0.39 is 59.4 Å². The van der Waals surface area contributed by atoms with Crippen molar-refractivity contribution in [3.05, 3.63) is 53.6 Å². The van der Waals surface area contributed by atoms with Crippen molar-refractivity contribution in [3.63, 3.8) is 0 Å². The van der Waals surface area contributed by atoms with Gasteiger partial charge in [-0.05, 0) is 82.3 Å². The number of nitrogens with one attached hydrogen (secondary N) is 5. The molecule has 0 spiro atoms. The second kappa shape index (κ2) is 14.5. The maximum atomic E-state index is 13.4. The predicted molar refractivity (Wildman–Crippen MR) is 158 cm³/mol. The second-order valence-electron chi connectivity index (χ2n) is 11.0. The van der Waals surface area contributed by atoms with E-state index in [-0.39, 0.29) is 11.7 Å². The molecule has 234 valence electrons. The summed E-state index contributed by atoms with van der Waals surface area (Å²) in [6.07, 6.45) is -0.883. The van der Waals surface area contributed by atoms with E-state index in [0.29, 0.717) is 24.6 Å². The van der Waals surface area contributed by atoms with Crippen LogP contribution in [0.15, 0.2) is 47.4 Å². The van der Waals surface area contributed by atoms with Gasteiger partial charge in [0.25, 0.3) is 5.91 Å². The minimum atomic E-state index is -4.75. The lowest BCUT2D eigenvalue weighted by Gasteiger charge is -2.32. The number of hydrogen-bond acceptors (Lipinski definition) is 6. The molecule has 3 rings (SSSR count). The van der Waals surface area contributed by atoms with Crippen LogP contribution in [0.2, 0.25) is 0 Å². The molecule has 0 aromatic heterocycles. The molecule has 14 heteroatoms. The van der Waals surface area contributed by atoms with Gasteiger partial charge in [0.15, 0.2) is 0 Å². The Morgan fingerprint density at radius 1 is 0.907 bits per heavy atom. The highest BCUT2D eigenvalue weighted by Gasteiger charge is 2.33. The molecule has 2 aromatic carbocycles. The first-order valence-electron chi connectivity index (χ1n) is 13.6. The van der Waals surface area contributed by atoms with Gasteiger partial charge in [0.2, 0.25) is 5.91 Å². The molecule has 2 aromatic rings. The summed E-state index contributed by atoms with van der Waals surface area (Å²) in [5, 5.41) is 13.1. The normalized spacial score (nSPS) is 16.9. The largest absolute Gasteiger partial charge is 0.444 e. The Balaban J connectivity index is 1.62. The molecule has 1 saturated carbocycles. The molecule has 2 atom stereocenters. The van der Waals surface area contributed by atoms with Crippen molar-refractivity contribution in [1.29, 1.82) is 0 Å². The van der Waals surface area contributed by atoms with Gasteiger partial charge in [-0.3, -0.25) is 14.9 Å². The number of benzene rings is 2. The minimum Gasteiger partial charge on any atom is -0.444 e. The highest BCUT2D eigenvalue weighted by molar-refractivity contribution is 7.98. The van der Waals surface area contributed by atoms with Gasteiger partial charge in [-0.2, -0.15) is 13.2 Å². The first kappa shape index (κ1) is 33.6. The van der Waals surface area contributed by atoms with Gasteiger partial charge >= 0.3 is 18.3 Å². The average Bonchev–Trinajstić information content (AvgIpc) is 2.91. The predicted octanol–water partition coefficient (Wildman–Crippen LogP) is 5.75. The maximum Gasteiger partial charge on any atom is 0.416 e. The highest BCUT2D eigenvalue weighted by Crippen LogP contribution is 2.32. The Kier molecular flexibility index (Phi) is 11.3. The fourth-order valence-electron chi connectivity index (χ4n) is 4.43. The van der Waals surface area contributed by atoms with Gasteiger partial charge in [0.05, 0.1) is 29.4 Å². The molecule has 0 bridgehead atoms. The number of halogens is 3. The van der Waals surface area contributed by atoms with Gasteiger partial charge in [-0.1, -0.05) is 12.8 Å². The molecule has 0 aliphatic heterocycles. The van der Waals surface area contributed by atoms with Crippen LogP contribution in [0.1, 0.15) is 62.4 Å². The monoisotopic (exact) mass is 623 g/mol. The molecule has 1 aliphatic rings. The first-order chi connectivity index (χ1) is 20.1. The van der Waals surface area contributed by atoms with Gasteiger partial charge in [0.1, 0.15) is 5.60 Å².